The fourth-order valence-electron chi connectivity index (χ4n) is 4.36. The lowest BCUT2D eigenvalue weighted by molar-refractivity contribution is -0.140. The number of likely N-dealkylation sites (tertiary alicyclic amines) is 1. The van der Waals surface area contributed by atoms with Crippen molar-refractivity contribution in [3.63, 3.8) is 0 Å². The van der Waals surface area contributed by atoms with E-state index in [9.17, 15) is 9.59 Å². The molecule has 4 rings (SSSR count). The van der Waals surface area contributed by atoms with E-state index >= 15 is 0 Å². The molecule has 1 aromatic heterocycles. The highest BCUT2D eigenvalue weighted by Gasteiger charge is 2.33. The Morgan fingerprint density at radius 3 is 2.72 bits per heavy atom. The number of amides is 1. The van der Waals surface area contributed by atoms with Gasteiger partial charge in [0.2, 0.25) is 5.91 Å². The number of aliphatic carboxylic acids is 1. The van der Waals surface area contributed by atoms with Gasteiger partial charge in [0, 0.05) is 19.5 Å². The lowest BCUT2D eigenvalue weighted by atomic mass is 9.99. The van der Waals surface area contributed by atoms with Crippen LogP contribution in [-0.4, -0.2) is 55.7 Å². The zero-order chi connectivity index (χ0) is 20.2. The van der Waals surface area contributed by atoms with E-state index in [0.29, 0.717) is 26.1 Å². The maximum atomic E-state index is 13.4. The first-order valence-corrected chi connectivity index (χ1v) is 10.4. The number of piperidine rings is 1. The zero-order valence-electron chi connectivity index (χ0n) is 16.7. The van der Waals surface area contributed by atoms with Crippen LogP contribution in [0, 0.1) is 0 Å². The average Bonchev–Trinajstić information content (AvgIpc) is 3.15. The predicted molar refractivity (Wildman–Crippen MR) is 108 cm³/mol. The van der Waals surface area contributed by atoms with Crippen molar-refractivity contribution in [2.45, 2.75) is 57.8 Å². The standard InChI is InChI=1S/C22H28N4O3/c27-21(28)10-9-18-14-19-16-25(12-13-26(19)23-18)22(29)20-8-4-5-11-24(20)15-17-6-2-1-3-7-17/h1-3,6-7,14,20H,4-5,8-13,15-16H2,(H,27,28)/t20-/m0/s1. The third-order valence-electron chi connectivity index (χ3n) is 5.88. The minimum absolute atomic E-state index is 0.0649. The molecular weight excluding hydrogens is 368 g/mol. The molecule has 0 saturated carbocycles. The van der Waals surface area contributed by atoms with Crippen LogP contribution in [0.15, 0.2) is 36.4 Å². The number of rotatable bonds is 6. The first kappa shape index (κ1) is 19.6. The van der Waals surface area contributed by atoms with Gasteiger partial charge >= 0.3 is 5.97 Å². The van der Waals surface area contributed by atoms with E-state index in [0.717, 1.165) is 43.7 Å². The number of fused-ring (bicyclic) bond motifs is 1. The molecule has 1 fully saturated rings. The Kier molecular flexibility index (Phi) is 5.94. The molecule has 3 heterocycles. The predicted octanol–water partition coefficient (Wildman–Crippen LogP) is 2.30. The minimum Gasteiger partial charge on any atom is -0.481 e. The van der Waals surface area contributed by atoms with Crippen molar-refractivity contribution >= 4 is 11.9 Å². The molecule has 2 aliphatic rings. The van der Waals surface area contributed by atoms with Gasteiger partial charge in [-0.3, -0.25) is 19.2 Å². The summed E-state index contributed by atoms with van der Waals surface area (Å²) in [4.78, 5) is 28.4. The van der Waals surface area contributed by atoms with Crippen molar-refractivity contribution in [1.29, 1.82) is 0 Å². The smallest absolute Gasteiger partial charge is 0.303 e. The van der Waals surface area contributed by atoms with E-state index in [2.05, 4.69) is 22.1 Å². The third-order valence-corrected chi connectivity index (χ3v) is 5.88. The Morgan fingerprint density at radius 1 is 1.10 bits per heavy atom. The number of carbonyl (C=O) groups excluding carboxylic acids is 1. The number of aromatic nitrogens is 2. The van der Waals surface area contributed by atoms with Crippen LogP contribution in [0.4, 0.5) is 0 Å². The normalized spacial score (nSPS) is 19.7. The molecule has 29 heavy (non-hydrogen) atoms. The van der Waals surface area contributed by atoms with Gasteiger partial charge in [-0.15, -0.1) is 0 Å². The van der Waals surface area contributed by atoms with Crippen LogP contribution in [0.25, 0.3) is 0 Å². The molecule has 1 atom stereocenters. The maximum Gasteiger partial charge on any atom is 0.303 e. The highest BCUT2D eigenvalue weighted by Crippen LogP contribution is 2.24. The molecule has 2 aliphatic heterocycles. The lowest BCUT2D eigenvalue weighted by Crippen LogP contribution is -2.52. The van der Waals surface area contributed by atoms with Crippen molar-refractivity contribution in [3.05, 3.63) is 53.3 Å². The number of nitrogens with zero attached hydrogens (tertiary/aromatic N) is 4. The number of aryl methyl sites for hydroxylation is 1. The highest BCUT2D eigenvalue weighted by atomic mass is 16.4. The van der Waals surface area contributed by atoms with Crippen LogP contribution in [0.1, 0.15) is 42.6 Å². The van der Waals surface area contributed by atoms with Crippen molar-refractivity contribution in [2.75, 3.05) is 13.1 Å². The van der Waals surface area contributed by atoms with Crippen LogP contribution in [-0.2, 0) is 35.6 Å². The second kappa shape index (κ2) is 8.78. The van der Waals surface area contributed by atoms with Crippen LogP contribution in [0.2, 0.25) is 0 Å². The van der Waals surface area contributed by atoms with Gasteiger partial charge in [0.05, 0.1) is 36.9 Å². The van der Waals surface area contributed by atoms with Gasteiger partial charge in [-0.1, -0.05) is 36.8 Å². The fraction of sp³-hybridized carbons (Fsp3) is 0.500. The molecule has 2 aromatic rings. The number of carboxylic acid groups (broad SMARTS) is 1. The first-order valence-electron chi connectivity index (χ1n) is 10.4. The Balaban J connectivity index is 1.42. The number of benzene rings is 1. The largest absolute Gasteiger partial charge is 0.481 e. The van der Waals surface area contributed by atoms with Gasteiger partial charge < -0.3 is 10.0 Å². The molecule has 7 heteroatoms. The van der Waals surface area contributed by atoms with E-state index in [1.165, 1.54) is 5.56 Å². The molecule has 1 amide bonds. The Labute approximate surface area is 170 Å². The molecule has 7 nitrogen and oxygen atoms in total. The Hall–Kier alpha value is -2.67. The van der Waals surface area contributed by atoms with E-state index in [-0.39, 0.29) is 18.4 Å². The van der Waals surface area contributed by atoms with Crippen molar-refractivity contribution < 1.29 is 14.7 Å². The Bertz CT molecular complexity index is 864. The molecule has 1 aromatic carbocycles. The van der Waals surface area contributed by atoms with Gasteiger partial charge in [0.1, 0.15) is 0 Å². The molecule has 0 spiro atoms. The molecule has 0 unspecified atom stereocenters. The second-order valence-corrected chi connectivity index (χ2v) is 7.97. The number of carbonyl (C=O) groups is 2. The topological polar surface area (TPSA) is 78.7 Å². The Morgan fingerprint density at radius 2 is 1.93 bits per heavy atom. The summed E-state index contributed by atoms with van der Waals surface area (Å²) < 4.78 is 1.92. The van der Waals surface area contributed by atoms with E-state index in [1.54, 1.807) is 0 Å². The molecule has 1 saturated heterocycles. The first-order chi connectivity index (χ1) is 14.1. The highest BCUT2D eigenvalue weighted by molar-refractivity contribution is 5.82. The van der Waals surface area contributed by atoms with Gasteiger partial charge in [-0.25, -0.2) is 0 Å². The number of carboxylic acids is 1. The number of hydrogen-bond acceptors (Lipinski definition) is 4. The molecule has 0 bridgehead atoms. The summed E-state index contributed by atoms with van der Waals surface area (Å²) in [6.07, 6.45) is 3.64. The number of hydrogen-bond donors (Lipinski definition) is 1. The van der Waals surface area contributed by atoms with Crippen LogP contribution < -0.4 is 0 Å². The van der Waals surface area contributed by atoms with Crippen LogP contribution >= 0.6 is 0 Å². The van der Waals surface area contributed by atoms with Crippen molar-refractivity contribution in [2.24, 2.45) is 0 Å². The van der Waals surface area contributed by atoms with Crippen LogP contribution in [0.5, 0.6) is 0 Å². The van der Waals surface area contributed by atoms with Gasteiger partial charge in [0.15, 0.2) is 0 Å². The van der Waals surface area contributed by atoms with E-state index in [1.807, 2.05) is 33.8 Å². The minimum atomic E-state index is -0.816. The monoisotopic (exact) mass is 396 g/mol. The van der Waals surface area contributed by atoms with Crippen LogP contribution in [0.3, 0.4) is 0 Å². The molecule has 154 valence electrons. The summed E-state index contributed by atoms with van der Waals surface area (Å²) in [7, 11) is 0. The molecule has 0 radical (unpaired) electrons. The second-order valence-electron chi connectivity index (χ2n) is 7.97. The quantitative estimate of drug-likeness (QED) is 0.811. The molecule has 1 N–H and O–H groups in total. The fourth-order valence-corrected chi connectivity index (χ4v) is 4.36. The third kappa shape index (κ3) is 4.67. The summed E-state index contributed by atoms with van der Waals surface area (Å²) >= 11 is 0. The van der Waals surface area contributed by atoms with Gasteiger partial charge in [-0.2, -0.15) is 5.10 Å². The summed E-state index contributed by atoms with van der Waals surface area (Å²) in [6.45, 7) is 3.63. The summed E-state index contributed by atoms with van der Waals surface area (Å²) in [6, 6.07) is 12.2. The summed E-state index contributed by atoms with van der Waals surface area (Å²) in [5.41, 5.74) is 3.03. The molecule has 0 aliphatic carbocycles. The summed E-state index contributed by atoms with van der Waals surface area (Å²) in [5.74, 6) is -0.608. The lowest BCUT2D eigenvalue weighted by Gasteiger charge is -2.39. The van der Waals surface area contributed by atoms with E-state index in [4.69, 9.17) is 5.11 Å². The average molecular weight is 396 g/mol. The zero-order valence-corrected chi connectivity index (χ0v) is 16.7. The van der Waals surface area contributed by atoms with Crippen molar-refractivity contribution in [1.82, 2.24) is 19.6 Å². The van der Waals surface area contributed by atoms with Crippen molar-refractivity contribution in [3.8, 4) is 0 Å². The SMILES string of the molecule is O=C(O)CCc1cc2n(n1)CCN(C(=O)[C@@H]1CCCCN1Cc1ccccc1)C2. The van der Waals surface area contributed by atoms with Gasteiger partial charge in [-0.05, 0) is 31.0 Å². The van der Waals surface area contributed by atoms with Gasteiger partial charge in [0.25, 0.3) is 0 Å². The maximum absolute atomic E-state index is 13.4. The van der Waals surface area contributed by atoms with E-state index < -0.39 is 5.97 Å². The molecular formula is C22H28N4O3. The summed E-state index contributed by atoms with van der Waals surface area (Å²) in [5, 5.41) is 13.4.